The van der Waals surface area contributed by atoms with Crippen molar-refractivity contribution >= 4 is 11.8 Å². The van der Waals surface area contributed by atoms with Gasteiger partial charge in [0.1, 0.15) is 0 Å². The van der Waals surface area contributed by atoms with Crippen LogP contribution < -0.4 is 11.1 Å². The molecular weight excluding hydrogens is 242 g/mol. The van der Waals surface area contributed by atoms with E-state index in [-0.39, 0.29) is 17.9 Å². The average molecular weight is 267 g/mol. The molecule has 2 amide bonds. The molecule has 0 unspecified atom stereocenters. The van der Waals surface area contributed by atoms with Crippen molar-refractivity contribution < 1.29 is 9.59 Å². The fraction of sp³-hybridized carbons (Fsp3) is 0.857. The fourth-order valence-corrected chi connectivity index (χ4v) is 3.21. The first-order chi connectivity index (χ1) is 9.16. The Morgan fingerprint density at radius 2 is 1.74 bits per heavy atom. The Kier molecular flexibility index (Phi) is 5.19. The number of carbonyl (C=O) groups excluding carboxylic acids is 2. The molecule has 0 spiro atoms. The van der Waals surface area contributed by atoms with Gasteiger partial charge < -0.3 is 11.1 Å². The van der Waals surface area contributed by atoms with Crippen molar-refractivity contribution in [3.8, 4) is 0 Å². The number of likely N-dealkylation sites (tertiary alicyclic amines) is 1. The van der Waals surface area contributed by atoms with Crippen LogP contribution in [0.1, 0.15) is 51.4 Å². The van der Waals surface area contributed by atoms with Gasteiger partial charge in [0.25, 0.3) is 0 Å². The quantitative estimate of drug-likeness (QED) is 0.790. The van der Waals surface area contributed by atoms with Crippen molar-refractivity contribution in [3.05, 3.63) is 0 Å². The lowest BCUT2D eigenvalue weighted by atomic mass is 9.95. The zero-order valence-electron chi connectivity index (χ0n) is 11.6. The number of amides is 2. The standard InChI is InChI=1S/C14H25N3O2/c15-14(19)12-8-4-5-9-17(12)10-13(18)16-11-6-2-1-3-7-11/h11-12H,1-10H2,(H2,15,19)(H,16,18)/t12-/m0/s1. The summed E-state index contributed by atoms with van der Waals surface area (Å²) in [4.78, 5) is 25.4. The number of hydrogen-bond donors (Lipinski definition) is 2. The zero-order chi connectivity index (χ0) is 13.7. The van der Waals surface area contributed by atoms with Crippen molar-refractivity contribution in [2.24, 2.45) is 5.73 Å². The van der Waals surface area contributed by atoms with Crippen LogP contribution in [0.15, 0.2) is 0 Å². The molecule has 2 aliphatic rings. The highest BCUT2D eigenvalue weighted by Gasteiger charge is 2.28. The number of nitrogens with zero attached hydrogens (tertiary/aromatic N) is 1. The second-order valence-electron chi connectivity index (χ2n) is 5.79. The first-order valence-corrected chi connectivity index (χ1v) is 7.49. The van der Waals surface area contributed by atoms with Gasteiger partial charge in [0.15, 0.2) is 0 Å². The lowest BCUT2D eigenvalue weighted by Gasteiger charge is -2.33. The van der Waals surface area contributed by atoms with Crippen molar-refractivity contribution in [3.63, 3.8) is 0 Å². The molecule has 1 saturated heterocycles. The number of primary amides is 1. The van der Waals surface area contributed by atoms with Gasteiger partial charge in [-0.1, -0.05) is 25.7 Å². The van der Waals surface area contributed by atoms with Crippen LogP contribution >= 0.6 is 0 Å². The molecule has 5 heteroatoms. The zero-order valence-corrected chi connectivity index (χ0v) is 11.6. The van der Waals surface area contributed by atoms with Crippen molar-refractivity contribution in [1.82, 2.24) is 10.2 Å². The van der Waals surface area contributed by atoms with Gasteiger partial charge in [-0.05, 0) is 32.2 Å². The smallest absolute Gasteiger partial charge is 0.234 e. The van der Waals surface area contributed by atoms with E-state index in [1.165, 1.54) is 19.3 Å². The second-order valence-corrected chi connectivity index (χ2v) is 5.79. The highest BCUT2D eigenvalue weighted by Crippen LogP contribution is 2.18. The molecule has 2 rings (SSSR count). The molecular formula is C14H25N3O2. The van der Waals surface area contributed by atoms with Crippen LogP contribution in [0, 0.1) is 0 Å². The molecule has 2 fully saturated rings. The minimum Gasteiger partial charge on any atom is -0.368 e. The Morgan fingerprint density at radius 1 is 1.05 bits per heavy atom. The van der Waals surface area contributed by atoms with E-state index in [1.54, 1.807) is 0 Å². The summed E-state index contributed by atoms with van der Waals surface area (Å²) in [6, 6.07) is 0.0731. The van der Waals surface area contributed by atoms with Crippen LogP contribution in [-0.4, -0.2) is 41.9 Å². The van der Waals surface area contributed by atoms with Crippen molar-refractivity contribution in [2.75, 3.05) is 13.1 Å². The molecule has 0 radical (unpaired) electrons. The lowest BCUT2D eigenvalue weighted by molar-refractivity contribution is -0.128. The van der Waals surface area contributed by atoms with Crippen LogP contribution in [0.5, 0.6) is 0 Å². The minimum absolute atomic E-state index is 0.0417. The van der Waals surface area contributed by atoms with Crippen LogP contribution in [-0.2, 0) is 9.59 Å². The van der Waals surface area contributed by atoms with Gasteiger partial charge in [0.2, 0.25) is 11.8 Å². The molecule has 0 aromatic rings. The normalized spacial score (nSPS) is 26.0. The van der Waals surface area contributed by atoms with E-state index >= 15 is 0 Å². The largest absolute Gasteiger partial charge is 0.368 e. The molecule has 108 valence electrons. The maximum atomic E-state index is 12.0. The van der Waals surface area contributed by atoms with Gasteiger partial charge in [0, 0.05) is 6.04 Å². The number of nitrogens with two attached hydrogens (primary N) is 1. The first-order valence-electron chi connectivity index (χ1n) is 7.49. The third kappa shape index (κ3) is 4.20. The maximum Gasteiger partial charge on any atom is 0.234 e. The topological polar surface area (TPSA) is 75.4 Å². The van der Waals surface area contributed by atoms with Crippen LogP contribution in [0.25, 0.3) is 0 Å². The number of hydrogen-bond acceptors (Lipinski definition) is 3. The summed E-state index contributed by atoms with van der Waals surface area (Å²) < 4.78 is 0. The predicted octanol–water partition coefficient (Wildman–Crippen LogP) is 0.775. The number of piperidine rings is 1. The SMILES string of the molecule is NC(=O)[C@@H]1CCCCN1CC(=O)NC1CCCCC1. The Hall–Kier alpha value is -1.10. The number of nitrogens with one attached hydrogen (secondary N) is 1. The van der Waals surface area contributed by atoms with Crippen molar-refractivity contribution in [2.45, 2.75) is 63.5 Å². The summed E-state index contributed by atoms with van der Waals surface area (Å²) in [5.41, 5.74) is 5.41. The molecule has 19 heavy (non-hydrogen) atoms. The maximum absolute atomic E-state index is 12.0. The van der Waals surface area contributed by atoms with Gasteiger partial charge in [-0.25, -0.2) is 0 Å². The predicted molar refractivity (Wildman–Crippen MR) is 73.4 cm³/mol. The lowest BCUT2D eigenvalue weighted by Crippen LogP contribution is -2.52. The average Bonchev–Trinajstić information content (AvgIpc) is 2.40. The first kappa shape index (κ1) is 14.3. The van der Waals surface area contributed by atoms with E-state index in [4.69, 9.17) is 5.73 Å². The van der Waals surface area contributed by atoms with E-state index < -0.39 is 0 Å². The van der Waals surface area contributed by atoms with Gasteiger partial charge in [0.05, 0.1) is 12.6 Å². The molecule has 1 aliphatic carbocycles. The Balaban J connectivity index is 1.80. The summed E-state index contributed by atoms with van der Waals surface area (Å²) in [7, 11) is 0. The molecule has 0 aromatic carbocycles. The third-order valence-corrected chi connectivity index (χ3v) is 4.26. The van der Waals surface area contributed by atoms with E-state index in [1.807, 2.05) is 4.90 Å². The summed E-state index contributed by atoms with van der Waals surface area (Å²) in [6.45, 7) is 1.11. The Labute approximate surface area is 114 Å². The van der Waals surface area contributed by atoms with Crippen LogP contribution in [0.2, 0.25) is 0 Å². The van der Waals surface area contributed by atoms with E-state index in [9.17, 15) is 9.59 Å². The van der Waals surface area contributed by atoms with E-state index in [2.05, 4.69) is 5.32 Å². The number of rotatable bonds is 4. The molecule has 5 nitrogen and oxygen atoms in total. The Morgan fingerprint density at radius 3 is 2.42 bits per heavy atom. The van der Waals surface area contributed by atoms with Gasteiger partial charge in [-0.3, -0.25) is 14.5 Å². The minimum atomic E-state index is -0.301. The molecule has 3 N–H and O–H groups in total. The highest BCUT2D eigenvalue weighted by atomic mass is 16.2. The van der Waals surface area contributed by atoms with Gasteiger partial charge in [-0.15, -0.1) is 0 Å². The summed E-state index contributed by atoms with van der Waals surface area (Å²) >= 11 is 0. The van der Waals surface area contributed by atoms with E-state index in [0.717, 1.165) is 38.6 Å². The van der Waals surface area contributed by atoms with Gasteiger partial charge >= 0.3 is 0 Å². The monoisotopic (exact) mass is 267 g/mol. The molecule has 1 aliphatic heterocycles. The number of carbonyl (C=O) groups is 2. The molecule has 0 bridgehead atoms. The fourth-order valence-electron chi connectivity index (χ4n) is 3.21. The molecule has 1 atom stereocenters. The van der Waals surface area contributed by atoms with Crippen LogP contribution in [0.3, 0.4) is 0 Å². The highest BCUT2D eigenvalue weighted by molar-refractivity contribution is 5.82. The molecule has 0 aromatic heterocycles. The Bertz CT molecular complexity index is 327. The third-order valence-electron chi connectivity index (χ3n) is 4.26. The van der Waals surface area contributed by atoms with Gasteiger partial charge in [-0.2, -0.15) is 0 Å². The van der Waals surface area contributed by atoms with Crippen LogP contribution in [0.4, 0.5) is 0 Å². The van der Waals surface area contributed by atoms with Crippen molar-refractivity contribution in [1.29, 1.82) is 0 Å². The van der Waals surface area contributed by atoms with E-state index in [0.29, 0.717) is 12.6 Å². The summed E-state index contributed by atoms with van der Waals surface area (Å²) in [6.07, 6.45) is 8.72. The molecule has 1 saturated carbocycles. The second kappa shape index (κ2) is 6.89. The molecule has 1 heterocycles. The summed E-state index contributed by atoms with van der Waals surface area (Å²) in [5, 5.41) is 3.09. The summed E-state index contributed by atoms with van der Waals surface area (Å²) in [5.74, 6) is -0.259.